The third kappa shape index (κ3) is 3.37. The molecule has 0 amide bonds. The van der Waals surface area contributed by atoms with Crippen molar-refractivity contribution in [2.24, 2.45) is 10.6 Å². The molecule has 0 radical (unpaired) electrons. The molecule has 0 aromatic heterocycles. The molecule has 1 atom stereocenters. The summed E-state index contributed by atoms with van der Waals surface area (Å²) in [5.74, 6) is -0.264. The monoisotopic (exact) mass is 241 g/mol. The second-order valence-corrected chi connectivity index (χ2v) is 4.97. The highest BCUT2D eigenvalue weighted by molar-refractivity contribution is 5.75. The van der Waals surface area contributed by atoms with E-state index in [9.17, 15) is 4.79 Å². The Balaban J connectivity index is 2.52. The third-order valence-electron chi connectivity index (χ3n) is 2.41. The summed E-state index contributed by atoms with van der Waals surface area (Å²) in [4.78, 5) is 15.2. The van der Waals surface area contributed by atoms with E-state index in [4.69, 9.17) is 9.94 Å². The first-order chi connectivity index (χ1) is 7.86. The van der Waals surface area contributed by atoms with Crippen LogP contribution in [0.5, 0.6) is 0 Å². The van der Waals surface area contributed by atoms with E-state index in [0.29, 0.717) is 0 Å². The van der Waals surface area contributed by atoms with Gasteiger partial charge in [-0.25, -0.2) is 0 Å². The average Bonchev–Trinajstić information content (AvgIpc) is 2.56. The van der Waals surface area contributed by atoms with Crippen LogP contribution < -0.4 is 0 Å². The van der Waals surface area contributed by atoms with E-state index in [1.807, 2.05) is 18.1 Å². The van der Waals surface area contributed by atoms with Crippen molar-refractivity contribution in [1.29, 1.82) is 0 Å². The van der Waals surface area contributed by atoms with Crippen molar-refractivity contribution in [2.45, 2.75) is 26.9 Å². The Labute approximate surface area is 101 Å². The fourth-order valence-corrected chi connectivity index (χ4v) is 1.32. The average molecular weight is 241 g/mol. The second-order valence-electron chi connectivity index (χ2n) is 4.97. The Morgan fingerprint density at radius 2 is 2.18 bits per heavy atom. The minimum atomic E-state index is -0.518. The molecular weight excluding hydrogens is 222 g/mol. The van der Waals surface area contributed by atoms with Crippen molar-refractivity contribution in [3.05, 3.63) is 12.4 Å². The molecule has 0 bridgehead atoms. The molecule has 1 rings (SSSR count). The molecule has 96 valence electrons. The van der Waals surface area contributed by atoms with Gasteiger partial charge < -0.3 is 19.7 Å². The molecular formula is C11H19N3O3. The first-order valence-corrected chi connectivity index (χ1v) is 5.37. The van der Waals surface area contributed by atoms with Crippen molar-refractivity contribution < 1.29 is 14.7 Å². The molecule has 0 saturated carbocycles. The van der Waals surface area contributed by atoms with Crippen molar-refractivity contribution in [3.63, 3.8) is 0 Å². The van der Waals surface area contributed by atoms with E-state index in [1.54, 1.807) is 31.9 Å². The molecule has 0 aromatic rings. The molecule has 1 N–H and O–H groups in total. The van der Waals surface area contributed by atoms with Gasteiger partial charge in [-0.05, 0) is 20.8 Å². The maximum absolute atomic E-state index is 11.6. The van der Waals surface area contributed by atoms with Crippen LogP contribution in [0.15, 0.2) is 17.6 Å². The zero-order valence-electron chi connectivity index (χ0n) is 10.6. The SMILES string of the molecule is CN1C=CN(COC(=O)C(C)(C)C)C1/C=N\O. The zero-order chi connectivity index (χ0) is 13.1. The van der Waals surface area contributed by atoms with Crippen molar-refractivity contribution >= 4 is 12.2 Å². The Morgan fingerprint density at radius 3 is 2.71 bits per heavy atom. The van der Waals surface area contributed by atoms with E-state index in [1.165, 1.54) is 6.21 Å². The summed E-state index contributed by atoms with van der Waals surface area (Å²) < 4.78 is 5.18. The molecule has 1 aliphatic heterocycles. The molecule has 0 aliphatic carbocycles. The highest BCUT2D eigenvalue weighted by atomic mass is 16.5. The van der Waals surface area contributed by atoms with Gasteiger partial charge >= 0.3 is 5.97 Å². The summed E-state index contributed by atoms with van der Waals surface area (Å²) >= 11 is 0. The third-order valence-corrected chi connectivity index (χ3v) is 2.41. The second kappa shape index (κ2) is 5.07. The smallest absolute Gasteiger partial charge is 0.312 e. The van der Waals surface area contributed by atoms with Crippen LogP contribution in [0.3, 0.4) is 0 Å². The zero-order valence-corrected chi connectivity index (χ0v) is 10.6. The van der Waals surface area contributed by atoms with Crippen LogP contribution in [0.4, 0.5) is 0 Å². The van der Waals surface area contributed by atoms with Crippen LogP contribution in [0.1, 0.15) is 20.8 Å². The predicted molar refractivity (Wildman–Crippen MR) is 63.2 cm³/mol. The molecule has 0 spiro atoms. The lowest BCUT2D eigenvalue weighted by molar-refractivity contribution is -0.157. The van der Waals surface area contributed by atoms with Crippen molar-refractivity contribution in [2.75, 3.05) is 13.8 Å². The maximum Gasteiger partial charge on any atom is 0.312 e. The van der Waals surface area contributed by atoms with Crippen molar-refractivity contribution in [3.8, 4) is 0 Å². The fraction of sp³-hybridized carbons (Fsp3) is 0.636. The van der Waals surface area contributed by atoms with Gasteiger partial charge in [0.15, 0.2) is 6.73 Å². The number of carbonyl (C=O) groups excluding carboxylic acids is 1. The molecule has 0 aromatic carbocycles. The number of hydrogen-bond donors (Lipinski definition) is 1. The summed E-state index contributed by atoms with van der Waals surface area (Å²) in [5, 5.41) is 11.6. The molecule has 6 nitrogen and oxygen atoms in total. The Bertz CT molecular complexity index is 333. The first-order valence-electron chi connectivity index (χ1n) is 5.37. The fourth-order valence-electron chi connectivity index (χ4n) is 1.32. The Morgan fingerprint density at radius 1 is 1.53 bits per heavy atom. The van der Waals surface area contributed by atoms with Gasteiger partial charge in [-0.15, -0.1) is 0 Å². The number of nitrogens with zero attached hydrogens (tertiary/aromatic N) is 3. The van der Waals surface area contributed by atoms with Gasteiger partial charge in [0, 0.05) is 19.4 Å². The number of hydrogen-bond acceptors (Lipinski definition) is 6. The number of esters is 1. The number of ether oxygens (including phenoxy) is 1. The Hall–Kier alpha value is -1.72. The van der Waals surface area contributed by atoms with Gasteiger partial charge in [0.05, 0.1) is 11.6 Å². The molecule has 6 heteroatoms. The van der Waals surface area contributed by atoms with Crippen LogP contribution in [0, 0.1) is 5.41 Å². The normalized spacial score (nSPS) is 20.4. The number of carbonyl (C=O) groups is 1. The van der Waals surface area contributed by atoms with E-state index in [-0.39, 0.29) is 18.9 Å². The molecule has 1 aliphatic rings. The highest BCUT2D eigenvalue weighted by Gasteiger charge is 2.27. The minimum absolute atomic E-state index is 0.133. The van der Waals surface area contributed by atoms with E-state index in [0.717, 1.165) is 0 Å². The minimum Gasteiger partial charge on any atom is -0.444 e. The summed E-state index contributed by atoms with van der Waals surface area (Å²) in [6.45, 7) is 5.53. The summed E-state index contributed by atoms with van der Waals surface area (Å²) in [5.41, 5.74) is -0.518. The molecule has 0 fully saturated rings. The van der Waals surface area contributed by atoms with Crippen LogP contribution in [-0.4, -0.2) is 47.1 Å². The molecule has 0 saturated heterocycles. The topological polar surface area (TPSA) is 65.4 Å². The first kappa shape index (κ1) is 13.3. The predicted octanol–water partition coefficient (Wildman–Crippen LogP) is 1.04. The number of oxime groups is 1. The lowest BCUT2D eigenvalue weighted by atomic mass is 9.98. The van der Waals surface area contributed by atoms with Gasteiger partial charge in [-0.1, -0.05) is 5.16 Å². The molecule has 17 heavy (non-hydrogen) atoms. The lowest BCUT2D eigenvalue weighted by Gasteiger charge is -2.27. The molecule has 1 unspecified atom stereocenters. The van der Waals surface area contributed by atoms with Gasteiger partial charge in [-0.2, -0.15) is 0 Å². The van der Waals surface area contributed by atoms with Crippen LogP contribution in [0.25, 0.3) is 0 Å². The van der Waals surface area contributed by atoms with Gasteiger partial charge in [0.1, 0.15) is 6.17 Å². The van der Waals surface area contributed by atoms with Gasteiger partial charge in [-0.3, -0.25) is 4.79 Å². The largest absolute Gasteiger partial charge is 0.444 e. The molecule has 1 heterocycles. The summed E-state index contributed by atoms with van der Waals surface area (Å²) in [6.07, 6.45) is 4.73. The maximum atomic E-state index is 11.6. The standard InChI is InChI=1S/C11H19N3O3/c1-11(2,3)10(15)17-8-14-6-5-13(4)9(14)7-12-16/h5-7,9,16H,8H2,1-4H3/b12-7-. The summed E-state index contributed by atoms with van der Waals surface area (Å²) in [7, 11) is 1.84. The highest BCUT2D eigenvalue weighted by Crippen LogP contribution is 2.17. The lowest BCUT2D eigenvalue weighted by Crippen LogP contribution is -2.40. The Kier molecular flexibility index (Phi) is 3.98. The van der Waals surface area contributed by atoms with Gasteiger partial charge in [0.25, 0.3) is 0 Å². The summed E-state index contributed by atoms with van der Waals surface area (Å²) in [6, 6.07) is 0. The number of rotatable bonds is 3. The van der Waals surface area contributed by atoms with Crippen LogP contribution in [0.2, 0.25) is 0 Å². The van der Waals surface area contributed by atoms with E-state index >= 15 is 0 Å². The van der Waals surface area contributed by atoms with Gasteiger partial charge in [0.2, 0.25) is 0 Å². The van der Waals surface area contributed by atoms with Crippen LogP contribution in [-0.2, 0) is 9.53 Å². The van der Waals surface area contributed by atoms with E-state index in [2.05, 4.69) is 5.16 Å². The van der Waals surface area contributed by atoms with Crippen LogP contribution >= 0.6 is 0 Å². The quantitative estimate of drug-likeness (QED) is 0.346. The van der Waals surface area contributed by atoms with E-state index < -0.39 is 5.41 Å². The van der Waals surface area contributed by atoms with Crippen molar-refractivity contribution in [1.82, 2.24) is 9.80 Å².